The molecule has 1 N–H and O–H groups in total. The van der Waals surface area contributed by atoms with E-state index >= 15 is 0 Å². The van der Waals surface area contributed by atoms with Gasteiger partial charge < -0.3 is 0 Å². The Hall–Kier alpha value is -2.23. The number of fused-ring (bicyclic) bond motifs is 1. The number of rotatable bonds is 3. The monoisotopic (exact) mass is 362 g/mol. The third kappa shape index (κ3) is 2.39. The number of methoxy groups -OCH3 is 2. The summed E-state index contributed by atoms with van der Waals surface area (Å²) >= 11 is -0.0956. The van der Waals surface area contributed by atoms with Gasteiger partial charge in [-0.15, -0.1) is 0 Å². The van der Waals surface area contributed by atoms with Crippen molar-refractivity contribution in [3.8, 4) is 27.2 Å². The van der Waals surface area contributed by atoms with Crippen LogP contribution in [0.15, 0.2) is 47.3 Å². The van der Waals surface area contributed by atoms with Gasteiger partial charge in [-0.1, -0.05) is 0 Å². The summed E-state index contributed by atoms with van der Waals surface area (Å²) in [5.74, 6) is 0.483. The summed E-state index contributed by atoms with van der Waals surface area (Å²) in [4.78, 5) is 12.4. The molecule has 3 aromatic rings. The topological polar surface area (TPSA) is 55.8 Å². The molecular weight excluding hydrogens is 347 g/mol. The molecule has 1 heterocycles. The van der Waals surface area contributed by atoms with Crippen molar-refractivity contribution in [1.82, 2.24) is 0 Å². The fraction of sp³-hybridized carbons (Fsp3) is 0.118. The van der Waals surface area contributed by atoms with Crippen LogP contribution in [-0.2, 0) is 0 Å². The molecular formula is C17H14O4Se. The average Bonchev–Trinajstić information content (AvgIpc) is 2.54. The summed E-state index contributed by atoms with van der Waals surface area (Å²) in [6, 6.07) is 13.2. The van der Waals surface area contributed by atoms with E-state index < -0.39 is 0 Å². The summed E-state index contributed by atoms with van der Waals surface area (Å²) in [5, 5.41) is 10.6. The fourth-order valence-electron chi connectivity index (χ4n) is 2.36. The molecule has 0 saturated carbocycles. The van der Waals surface area contributed by atoms with Crippen molar-refractivity contribution in [2.45, 2.75) is 0 Å². The van der Waals surface area contributed by atoms with Gasteiger partial charge in [-0.3, -0.25) is 0 Å². The first-order valence-corrected chi connectivity index (χ1v) is 8.34. The molecule has 0 aliphatic rings. The number of phenolic OH excluding ortho intramolecular Hbond substituents is 1. The van der Waals surface area contributed by atoms with E-state index in [1.54, 1.807) is 12.1 Å². The van der Waals surface area contributed by atoms with Crippen LogP contribution >= 0.6 is 0 Å². The molecule has 3 rings (SSSR count). The van der Waals surface area contributed by atoms with Gasteiger partial charge in [-0.2, -0.15) is 0 Å². The van der Waals surface area contributed by atoms with Crippen LogP contribution in [0.1, 0.15) is 0 Å². The van der Waals surface area contributed by atoms with Gasteiger partial charge in [0.05, 0.1) is 0 Å². The predicted octanol–water partition coefficient (Wildman–Crippen LogP) is 2.65. The molecule has 0 aliphatic carbocycles. The summed E-state index contributed by atoms with van der Waals surface area (Å²) < 4.78 is 12.2. The van der Waals surface area contributed by atoms with Crippen molar-refractivity contribution in [1.29, 1.82) is 0 Å². The van der Waals surface area contributed by atoms with E-state index in [-0.39, 0.29) is 31.4 Å². The second-order valence-corrected chi connectivity index (χ2v) is 6.95. The molecule has 0 aliphatic heterocycles. The number of aromatic hydroxyl groups is 1. The normalized spacial score (nSPS) is 10.6. The van der Waals surface area contributed by atoms with Crippen LogP contribution in [-0.4, -0.2) is 33.8 Å². The molecule has 0 amide bonds. The standard InChI is InChI=1S/C17H14O4Se/c1-20-12-9-14-15(16(19)17(12)21-2)11(18)8-13(22-14)10-6-4-3-5-7-10/h3-9,19H,1-2H3. The average molecular weight is 361 g/mol. The zero-order valence-corrected chi connectivity index (χ0v) is 13.8. The number of phenols is 1. The van der Waals surface area contributed by atoms with Gasteiger partial charge in [0, 0.05) is 0 Å². The molecule has 0 bridgehead atoms. The van der Waals surface area contributed by atoms with Gasteiger partial charge in [0.25, 0.3) is 0 Å². The van der Waals surface area contributed by atoms with Crippen LogP contribution in [0, 0.1) is 0 Å². The van der Waals surface area contributed by atoms with Crippen molar-refractivity contribution in [2.24, 2.45) is 0 Å². The van der Waals surface area contributed by atoms with Gasteiger partial charge in [0.1, 0.15) is 0 Å². The second kappa shape index (κ2) is 5.87. The number of hydrogen-bond donors (Lipinski definition) is 1. The Balaban J connectivity index is 2.34. The Morgan fingerprint density at radius 3 is 2.41 bits per heavy atom. The van der Waals surface area contributed by atoms with Crippen LogP contribution in [0.5, 0.6) is 17.2 Å². The third-order valence-electron chi connectivity index (χ3n) is 3.40. The summed E-state index contributed by atoms with van der Waals surface area (Å²) in [6.07, 6.45) is 0. The minimum atomic E-state index is -0.208. The number of ether oxygens (including phenoxy) is 2. The molecule has 0 radical (unpaired) electrons. The van der Waals surface area contributed by atoms with Crippen molar-refractivity contribution >= 4 is 24.1 Å². The molecule has 0 fully saturated rings. The summed E-state index contributed by atoms with van der Waals surface area (Å²) in [6.45, 7) is 0. The first-order chi connectivity index (χ1) is 10.7. The molecule has 5 heteroatoms. The van der Waals surface area contributed by atoms with Crippen molar-refractivity contribution < 1.29 is 14.6 Å². The molecule has 0 unspecified atom stereocenters. The Morgan fingerprint density at radius 1 is 1.05 bits per heavy atom. The van der Waals surface area contributed by atoms with E-state index in [2.05, 4.69) is 0 Å². The Kier molecular flexibility index (Phi) is 3.92. The first kappa shape index (κ1) is 14.7. The van der Waals surface area contributed by atoms with Gasteiger partial charge in [-0.05, 0) is 0 Å². The van der Waals surface area contributed by atoms with Crippen molar-refractivity contribution in [3.63, 3.8) is 0 Å². The van der Waals surface area contributed by atoms with E-state index in [1.807, 2.05) is 30.3 Å². The molecule has 0 atom stereocenters. The van der Waals surface area contributed by atoms with Crippen LogP contribution in [0.3, 0.4) is 0 Å². The number of hydrogen-bond acceptors (Lipinski definition) is 4. The van der Waals surface area contributed by atoms with E-state index in [1.165, 1.54) is 14.2 Å². The number of benzene rings is 2. The maximum atomic E-state index is 12.4. The molecule has 4 nitrogen and oxygen atoms in total. The minimum absolute atomic E-state index is 0.0956. The van der Waals surface area contributed by atoms with Crippen LogP contribution in [0.2, 0.25) is 0 Å². The zero-order chi connectivity index (χ0) is 15.7. The Labute approximate surface area is 133 Å². The molecule has 22 heavy (non-hydrogen) atoms. The molecule has 1 aromatic heterocycles. The van der Waals surface area contributed by atoms with Crippen molar-refractivity contribution in [2.75, 3.05) is 14.2 Å². The second-order valence-electron chi connectivity index (χ2n) is 4.67. The van der Waals surface area contributed by atoms with Gasteiger partial charge >= 0.3 is 133 Å². The fourth-order valence-corrected chi connectivity index (χ4v) is 4.71. The maximum absolute atomic E-state index is 12.4. The third-order valence-corrected chi connectivity index (χ3v) is 5.74. The Morgan fingerprint density at radius 2 is 1.77 bits per heavy atom. The quantitative estimate of drug-likeness (QED) is 0.729. The first-order valence-electron chi connectivity index (χ1n) is 6.63. The van der Waals surface area contributed by atoms with Gasteiger partial charge in [0.15, 0.2) is 0 Å². The molecule has 112 valence electrons. The Bertz CT molecular complexity index is 885. The summed E-state index contributed by atoms with van der Waals surface area (Å²) in [5.41, 5.74) is 0.816. The van der Waals surface area contributed by atoms with Crippen LogP contribution in [0.25, 0.3) is 19.6 Å². The molecule has 2 aromatic carbocycles. The van der Waals surface area contributed by atoms with E-state index in [0.29, 0.717) is 11.1 Å². The van der Waals surface area contributed by atoms with Crippen LogP contribution in [0.4, 0.5) is 0 Å². The molecule has 0 saturated heterocycles. The molecule has 0 spiro atoms. The van der Waals surface area contributed by atoms with Gasteiger partial charge in [0.2, 0.25) is 0 Å². The van der Waals surface area contributed by atoms with E-state index in [4.69, 9.17) is 9.47 Å². The van der Waals surface area contributed by atoms with Crippen LogP contribution < -0.4 is 14.9 Å². The van der Waals surface area contributed by atoms with E-state index in [9.17, 15) is 9.90 Å². The zero-order valence-electron chi connectivity index (χ0n) is 12.1. The predicted molar refractivity (Wildman–Crippen MR) is 87.4 cm³/mol. The van der Waals surface area contributed by atoms with Gasteiger partial charge in [-0.25, -0.2) is 0 Å². The van der Waals surface area contributed by atoms with E-state index in [0.717, 1.165) is 14.3 Å². The van der Waals surface area contributed by atoms with Crippen molar-refractivity contribution in [3.05, 3.63) is 52.7 Å². The summed E-state index contributed by atoms with van der Waals surface area (Å²) in [7, 11) is 2.95. The SMILES string of the molecule is COc1cc2[se]c(-c3ccccc3)cc(=O)c2c(O)c1OC.